The fourth-order valence-corrected chi connectivity index (χ4v) is 3.72. The Morgan fingerprint density at radius 3 is 2.74 bits per heavy atom. The van der Waals surface area contributed by atoms with Crippen LogP contribution in [-0.4, -0.2) is 56.0 Å². The van der Waals surface area contributed by atoms with Crippen molar-refractivity contribution in [3.05, 3.63) is 60.2 Å². The Bertz CT molecular complexity index is 709. The first kappa shape index (κ1) is 19.7. The third-order valence-electron chi connectivity index (χ3n) is 4.43. The zero-order valence-corrected chi connectivity index (χ0v) is 16.4. The summed E-state index contributed by atoms with van der Waals surface area (Å²) in [7, 11) is 1.64. The van der Waals surface area contributed by atoms with Gasteiger partial charge in [-0.15, -0.1) is 11.8 Å². The Morgan fingerprint density at radius 2 is 2.00 bits per heavy atom. The minimum absolute atomic E-state index is 0.0274. The number of methoxy groups -OCH3 is 1. The number of nitrogens with zero attached hydrogens (tertiary/aromatic N) is 1. The lowest BCUT2D eigenvalue weighted by molar-refractivity contribution is -0.119. The van der Waals surface area contributed by atoms with Gasteiger partial charge in [-0.25, -0.2) is 0 Å². The van der Waals surface area contributed by atoms with E-state index in [4.69, 9.17) is 9.47 Å². The number of morpholine rings is 1. The van der Waals surface area contributed by atoms with Crippen LogP contribution in [0.15, 0.2) is 59.5 Å². The molecule has 0 spiro atoms. The fraction of sp³-hybridized carbons (Fsp3) is 0.381. The maximum atomic E-state index is 12.1. The molecule has 2 aromatic rings. The minimum Gasteiger partial charge on any atom is -0.497 e. The van der Waals surface area contributed by atoms with Crippen LogP contribution in [-0.2, 0) is 16.1 Å². The van der Waals surface area contributed by atoms with E-state index in [0.29, 0.717) is 18.9 Å². The summed E-state index contributed by atoms with van der Waals surface area (Å²) in [5.74, 6) is 1.24. The molecule has 144 valence electrons. The summed E-state index contributed by atoms with van der Waals surface area (Å²) in [6.07, 6.45) is 0.0393. The van der Waals surface area contributed by atoms with Crippen LogP contribution in [0.3, 0.4) is 0 Å². The van der Waals surface area contributed by atoms with E-state index in [1.165, 1.54) is 17.3 Å². The summed E-state index contributed by atoms with van der Waals surface area (Å²) in [6, 6.07) is 18.2. The molecule has 0 bridgehead atoms. The smallest absolute Gasteiger partial charge is 0.230 e. The first-order chi connectivity index (χ1) is 13.2. The highest BCUT2D eigenvalue weighted by molar-refractivity contribution is 8.00. The van der Waals surface area contributed by atoms with Crippen LogP contribution in [0.1, 0.15) is 5.56 Å². The van der Waals surface area contributed by atoms with E-state index in [2.05, 4.69) is 34.5 Å². The molecular formula is C21H26N2O3S. The average Bonchev–Trinajstić information content (AvgIpc) is 2.72. The molecule has 1 aliphatic rings. The lowest BCUT2D eigenvalue weighted by Crippen LogP contribution is -2.47. The molecule has 3 rings (SSSR count). The van der Waals surface area contributed by atoms with Crippen LogP contribution >= 0.6 is 11.8 Å². The van der Waals surface area contributed by atoms with E-state index < -0.39 is 0 Å². The Labute approximate surface area is 165 Å². The number of rotatable bonds is 8. The molecular weight excluding hydrogens is 360 g/mol. The number of nitrogens with one attached hydrogen (secondary N) is 1. The molecule has 1 atom stereocenters. The van der Waals surface area contributed by atoms with Gasteiger partial charge in [0.25, 0.3) is 0 Å². The number of ether oxygens (including phenoxy) is 2. The highest BCUT2D eigenvalue weighted by Crippen LogP contribution is 2.21. The summed E-state index contributed by atoms with van der Waals surface area (Å²) in [4.78, 5) is 15.6. The molecule has 1 saturated heterocycles. The molecule has 5 nitrogen and oxygen atoms in total. The van der Waals surface area contributed by atoms with Gasteiger partial charge in [0.1, 0.15) is 5.75 Å². The van der Waals surface area contributed by atoms with Gasteiger partial charge in [-0.3, -0.25) is 9.69 Å². The van der Waals surface area contributed by atoms with Crippen molar-refractivity contribution in [2.75, 3.05) is 39.1 Å². The van der Waals surface area contributed by atoms with Gasteiger partial charge < -0.3 is 14.8 Å². The lowest BCUT2D eigenvalue weighted by Gasteiger charge is -2.33. The highest BCUT2D eigenvalue weighted by Gasteiger charge is 2.21. The standard InChI is InChI=1S/C21H26N2O3S/c1-25-18-7-9-20(10-8-18)27-16-21(24)22-13-19-15-23(11-12-26-19)14-17-5-3-2-4-6-17/h2-10,19H,11-16H2,1H3,(H,22,24)/t19-/m0/s1. The van der Waals surface area contributed by atoms with Crippen LogP contribution in [0.4, 0.5) is 0 Å². The van der Waals surface area contributed by atoms with Gasteiger partial charge in [0, 0.05) is 31.1 Å². The van der Waals surface area contributed by atoms with Gasteiger partial charge in [-0.1, -0.05) is 30.3 Å². The first-order valence-electron chi connectivity index (χ1n) is 9.14. The quantitative estimate of drug-likeness (QED) is 0.707. The summed E-state index contributed by atoms with van der Waals surface area (Å²) >= 11 is 1.52. The zero-order chi connectivity index (χ0) is 18.9. The summed E-state index contributed by atoms with van der Waals surface area (Å²) in [5.41, 5.74) is 1.30. The molecule has 1 heterocycles. The number of benzene rings is 2. The van der Waals surface area contributed by atoms with Crippen molar-refractivity contribution in [1.29, 1.82) is 0 Å². The molecule has 2 aromatic carbocycles. The number of amides is 1. The summed E-state index contributed by atoms with van der Waals surface area (Å²) < 4.78 is 10.9. The number of carbonyl (C=O) groups excluding carboxylic acids is 1. The summed E-state index contributed by atoms with van der Waals surface area (Å²) in [5, 5.41) is 2.99. The molecule has 6 heteroatoms. The van der Waals surface area contributed by atoms with Crippen LogP contribution in [0, 0.1) is 0 Å². The molecule has 0 saturated carbocycles. The van der Waals surface area contributed by atoms with E-state index in [1.807, 2.05) is 30.3 Å². The van der Waals surface area contributed by atoms with Crippen LogP contribution in [0.2, 0.25) is 0 Å². The maximum absolute atomic E-state index is 12.1. The third-order valence-corrected chi connectivity index (χ3v) is 5.44. The second-order valence-electron chi connectivity index (χ2n) is 6.48. The van der Waals surface area contributed by atoms with Crippen molar-refractivity contribution in [1.82, 2.24) is 10.2 Å². The number of thioether (sulfide) groups is 1. The fourth-order valence-electron chi connectivity index (χ4n) is 2.99. The number of carbonyl (C=O) groups is 1. The van der Waals surface area contributed by atoms with E-state index in [9.17, 15) is 4.79 Å². The molecule has 0 radical (unpaired) electrons. The van der Waals surface area contributed by atoms with E-state index in [0.717, 1.165) is 30.3 Å². The van der Waals surface area contributed by atoms with Crippen molar-refractivity contribution >= 4 is 17.7 Å². The molecule has 1 N–H and O–H groups in total. The Morgan fingerprint density at radius 1 is 1.22 bits per heavy atom. The second kappa shape index (κ2) is 10.3. The highest BCUT2D eigenvalue weighted by atomic mass is 32.2. The van der Waals surface area contributed by atoms with Crippen LogP contribution < -0.4 is 10.1 Å². The molecule has 27 heavy (non-hydrogen) atoms. The molecule has 0 aromatic heterocycles. The van der Waals surface area contributed by atoms with E-state index >= 15 is 0 Å². The van der Waals surface area contributed by atoms with Crippen LogP contribution in [0.5, 0.6) is 5.75 Å². The van der Waals surface area contributed by atoms with Crippen molar-refractivity contribution in [3.8, 4) is 5.75 Å². The topological polar surface area (TPSA) is 50.8 Å². The van der Waals surface area contributed by atoms with Crippen molar-refractivity contribution < 1.29 is 14.3 Å². The predicted molar refractivity (Wildman–Crippen MR) is 108 cm³/mol. The number of hydrogen-bond donors (Lipinski definition) is 1. The number of hydrogen-bond acceptors (Lipinski definition) is 5. The monoisotopic (exact) mass is 386 g/mol. The zero-order valence-electron chi connectivity index (χ0n) is 15.6. The Balaban J connectivity index is 1.37. The molecule has 1 fully saturated rings. The Hall–Kier alpha value is -2.02. The normalized spacial score (nSPS) is 17.4. The Kier molecular flexibility index (Phi) is 7.56. The van der Waals surface area contributed by atoms with Crippen molar-refractivity contribution in [2.24, 2.45) is 0 Å². The SMILES string of the molecule is COc1ccc(SCC(=O)NC[C@H]2CN(Cc3ccccc3)CCO2)cc1. The van der Waals surface area contributed by atoms with E-state index in [1.54, 1.807) is 7.11 Å². The van der Waals surface area contributed by atoms with E-state index in [-0.39, 0.29) is 12.0 Å². The van der Waals surface area contributed by atoms with Crippen molar-refractivity contribution in [2.45, 2.75) is 17.5 Å². The summed E-state index contributed by atoms with van der Waals surface area (Å²) in [6.45, 7) is 3.93. The lowest BCUT2D eigenvalue weighted by atomic mass is 10.2. The molecule has 1 aliphatic heterocycles. The molecule has 0 aliphatic carbocycles. The second-order valence-corrected chi connectivity index (χ2v) is 7.53. The van der Waals surface area contributed by atoms with Gasteiger partial charge in [0.2, 0.25) is 5.91 Å². The van der Waals surface area contributed by atoms with Gasteiger partial charge in [-0.05, 0) is 29.8 Å². The molecule has 0 unspecified atom stereocenters. The predicted octanol–water partition coefficient (Wildman–Crippen LogP) is 2.80. The molecule has 1 amide bonds. The third kappa shape index (κ3) is 6.57. The first-order valence-corrected chi connectivity index (χ1v) is 10.1. The van der Waals surface area contributed by atoms with Crippen molar-refractivity contribution in [3.63, 3.8) is 0 Å². The maximum Gasteiger partial charge on any atom is 0.230 e. The van der Waals surface area contributed by atoms with Gasteiger partial charge in [0.05, 0.1) is 25.6 Å². The van der Waals surface area contributed by atoms with Gasteiger partial charge in [-0.2, -0.15) is 0 Å². The average molecular weight is 387 g/mol. The minimum atomic E-state index is 0.0274. The van der Waals surface area contributed by atoms with Crippen LogP contribution in [0.25, 0.3) is 0 Å². The van der Waals surface area contributed by atoms with Gasteiger partial charge >= 0.3 is 0 Å². The largest absolute Gasteiger partial charge is 0.497 e. The van der Waals surface area contributed by atoms with Gasteiger partial charge in [0.15, 0.2) is 0 Å².